The van der Waals surface area contributed by atoms with Gasteiger partial charge in [0.05, 0.1) is 11.0 Å². The molecule has 0 atom stereocenters. The van der Waals surface area contributed by atoms with Gasteiger partial charge in [-0.05, 0) is 108 Å². The maximum absolute atomic E-state index is 6.67. The highest BCUT2D eigenvalue weighted by molar-refractivity contribution is 6.25. The fourth-order valence-corrected chi connectivity index (χ4v) is 9.20. The van der Waals surface area contributed by atoms with Gasteiger partial charge in [-0.1, -0.05) is 146 Å². The van der Waals surface area contributed by atoms with E-state index in [1.807, 2.05) is 6.07 Å². The molecular formula is C52H31NO. The molecule has 0 bridgehead atoms. The number of benzene rings is 10. The molecule has 250 valence electrons. The first kappa shape index (κ1) is 29.4. The molecule has 0 radical (unpaired) electrons. The summed E-state index contributed by atoms with van der Waals surface area (Å²) >= 11 is 0. The molecule has 0 unspecified atom stereocenters. The van der Waals surface area contributed by atoms with E-state index in [9.17, 15) is 0 Å². The summed E-state index contributed by atoms with van der Waals surface area (Å²) < 4.78 is 9.05. The van der Waals surface area contributed by atoms with E-state index in [2.05, 4.69) is 187 Å². The third kappa shape index (κ3) is 4.11. The summed E-state index contributed by atoms with van der Waals surface area (Å²) in [5, 5.41) is 14.7. The van der Waals surface area contributed by atoms with Crippen LogP contribution in [0.25, 0.3) is 115 Å². The molecular weight excluding hydrogens is 655 g/mol. The van der Waals surface area contributed by atoms with Crippen LogP contribution in [0.3, 0.4) is 0 Å². The van der Waals surface area contributed by atoms with E-state index in [4.69, 9.17) is 4.42 Å². The predicted octanol–water partition coefficient (Wildman–Crippen LogP) is 14.6. The highest BCUT2D eigenvalue weighted by Crippen LogP contribution is 2.46. The second-order valence-electron chi connectivity index (χ2n) is 14.4. The van der Waals surface area contributed by atoms with E-state index in [-0.39, 0.29) is 0 Å². The van der Waals surface area contributed by atoms with Gasteiger partial charge in [0.2, 0.25) is 0 Å². The van der Waals surface area contributed by atoms with Crippen molar-refractivity contribution in [2.75, 3.05) is 0 Å². The largest absolute Gasteiger partial charge is 0.454 e. The monoisotopic (exact) mass is 685 g/mol. The minimum atomic E-state index is 0.906. The van der Waals surface area contributed by atoms with Crippen molar-refractivity contribution in [2.24, 2.45) is 0 Å². The predicted molar refractivity (Wildman–Crippen MR) is 229 cm³/mol. The van der Waals surface area contributed by atoms with Crippen LogP contribution in [-0.4, -0.2) is 4.57 Å². The molecule has 0 amide bonds. The van der Waals surface area contributed by atoms with Crippen LogP contribution >= 0.6 is 0 Å². The summed E-state index contributed by atoms with van der Waals surface area (Å²) in [4.78, 5) is 0. The highest BCUT2D eigenvalue weighted by atomic mass is 16.3. The van der Waals surface area contributed by atoms with Gasteiger partial charge in [0.1, 0.15) is 5.58 Å². The van der Waals surface area contributed by atoms with E-state index >= 15 is 0 Å². The molecule has 0 aliphatic carbocycles. The molecule has 10 aromatic carbocycles. The SMILES string of the molecule is c1ccc(-n2c3ccc(-c4c5ccccc5c(-c5ccc6c(ccc7ccccc76)c5)c5ccccc45)cc3c3ccc4c5ccccc5oc4c32)cc1. The standard InChI is InChI=1S/C52H31NO/c1-2-13-36(14-3-1)53-47-29-25-35(31-46(47)44-27-28-45-39-16-10-11-21-48(39)54-52(45)51(44)53)50-42-19-8-6-17-40(42)49(41-18-7-9-20-43(41)50)34-24-26-38-33(30-34)23-22-32-12-4-5-15-37(32)38/h1-31H. The molecule has 12 aromatic rings. The molecule has 0 spiro atoms. The van der Waals surface area contributed by atoms with E-state index in [1.165, 1.54) is 76.1 Å². The Labute approximate surface area is 310 Å². The molecule has 54 heavy (non-hydrogen) atoms. The Morgan fingerprint density at radius 3 is 1.61 bits per heavy atom. The van der Waals surface area contributed by atoms with Gasteiger partial charge in [0, 0.05) is 27.2 Å². The number of aromatic nitrogens is 1. The molecule has 2 heteroatoms. The molecule has 12 rings (SSSR count). The molecule has 2 heterocycles. The van der Waals surface area contributed by atoms with Crippen molar-refractivity contribution in [3.8, 4) is 27.9 Å². The van der Waals surface area contributed by atoms with Gasteiger partial charge in [0.25, 0.3) is 0 Å². The summed E-state index contributed by atoms with van der Waals surface area (Å²) in [7, 11) is 0. The number of hydrogen-bond acceptors (Lipinski definition) is 1. The second kappa shape index (κ2) is 11.2. The van der Waals surface area contributed by atoms with Crippen molar-refractivity contribution < 1.29 is 4.42 Å². The van der Waals surface area contributed by atoms with Crippen LogP contribution < -0.4 is 0 Å². The van der Waals surface area contributed by atoms with Gasteiger partial charge in [0.15, 0.2) is 5.58 Å². The first-order chi connectivity index (χ1) is 26.8. The van der Waals surface area contributed by atoms with Crippen molar-refractivity contribution in [1.82, 2.24) is 4.57 Å². The van der Waals surface area contributed by atoms with Crippen molar-refractivity contribution >= 4 is 86.8 Å². The molecule has 0 N–H and O–H groups in total. The van der Waals surface area contributed by atoms with E-state index in [1.54, 1.807) is 0 Å². The topological polar surface area (TPSA) is 18.1 Å². The molecule has 2 aromatic heterocycles. The number of para-hydroxylation sites is 2. The molecule has 0 aliphatic rings. The van der Waals surface area contributed by atoms with Gasteiger partial charge in [-0.2, -0.15) is 0 Å². The number of nitrogens with zero attached hydrogens (tertiary/aromatic N) is 1. The zero-order valence-electron chi connectivity index (χ0n) is 29.3. The van der Waals surface area contributed by atoms with Crippen LogP contribution in [0.15, 0.2) is 192 Å². The zero-order chi connectivity index (χ0) is 35.3. The third-order valence-corrected chi connectivity index (χ3v) is 11.5. The number of fused-ring (bicyclic) bond motifs is 12. The van der Waals surface area contributed by atoms with Gasteiger partial charge < -0.3 is 8.98 Å². The molecule has 2 nitrogen and oxygen atoms in total. The van der Waals surface area contributed by atoms with Gasteiger partial charge in [-0.15, -0.1) is 0 Å². The molecule has 0 fully saturated rings. The van der Waals surface area contributed by atoms with Crippen molar-refractivity contribution in [3.05, 3.63) is 188 Å². The van der Waals surface area contributed by atoms with Crippen LogP contribution in [0.1, 0.15) is 0 Å². The van der Waals surface area contributed by atoms with Gasteiger partial charge in [-0.3, -0.25) is 0 Å². The summed E-state index contributed by atoms with van der Waals surface area (Å²) in [5.74, 6) is 0. The van der Waals surface area contributed by atoms with Crippen LogP contribution in [0.5, 0.6) is 0 Å². The Hall–Kier alpha value is -7.16. The molecule has 0 aliphatic heterocycles. The van der Waals surface area contributed by atoms with Crippen molar-refractivity contribution in [2.45, 2.75) is 0 Å². The lowest BCUT2D eigenvalue weighted by molar-refractivity contribution is 0.671. The fourth-order valence-electron chi connectivity index (χ4n) is 9.20. The average molecular weight is 686 g/mol. The van der Waals surface area contributed by atoms with Crippen LogP contribution in [0.4, 0.5) is 0 Å². The summed E-state index contributed by atoms with van der Waals surface area (Å²) in [6.07, 6.45) is 0. The third-order valence-electron chi connectivity index (χ3n) is 11.5. The number of rotatable bonds is 3. The van der Waals surface area contributed by atoms with Crippen LogP contribution in [0.2, 0.25) is 0 Å². The van der Waals surface area contributed by atoms with E-state index in [0.29, 0.717) is 0 Å². The van der Waals surface area contributed by atoms with E-state index in [0.717, 1.165) is 38.7 Å². The number of hydrogen-bond donors (Lipinski definition) is 0. The summed E-state index contributed by atoms with van der Waals surface area (Å²) in [5.41, 5.74) is 10.1. The quantitative estimate of drug-likeness (QED) is 0.134. The first-order valence-corrected chi connectivity index (χ1v) is 18.6. The smallest absolute Gasteiger partial charge is 0.160 e. The van der Waals surface area contributed by atoms with E-state index < -0.39 is 0 Å². The first-order valence-electron chi connectivity index (χ1n) is 18.6. The van der Waals surface area contributed by atoms with Crippen LogP contribution in [-0.2, 0) is 0 Å². The van der Waals surface area contributed by atoms with Crippen molar-refractivity contribution in [3.63, 3.8) is 0 Å². The molecule has 0 saturated heterocycles. The van der Waals surface area contributed by atoms with Crippen LogP contribution in [0, 0.1) is 0 Å². The fraction of sp³-hybridized carbons (Fsp3) is 0. The maximum Gasteiger partial charge on any atom is 0.160 e. The Morgan fingerprint density at radius 1 is 0.333 bits per heavy atom. The number of furan rings is 1. The zero-order valence-corrected chi connectivity index (χ0v) is 29.3. The van der Waals surface area contributed by atoms with Gasteiger partial charge >= 0.3 is 0 Å². The second-order valence-corrected chi connectivity index (χ2v) is 14.4. The minimum Gasteiger partial charge on any atom is -0.454 e. The summed E-state index contributed by atoms with van der Waals surface area (Å²) in [6.45, 7) is 0. The Kier molecular flexibility index (Phi) is 6.09. The lowest BCUT2D eigenvalue weighted by Crippen LogP contribution is -1.94. The Bertz CT molecular complexity index is 3440. The lowest BCUT2D eigenvalue weighted by atomic mass is 9.85. The Morgan fingerprint density at radius 2 is 0.870 bits per heavy atom. The lowest BCUT2D eigenvalue weighted by Gasteiger charge is -2.18. The van der Waals surface area contributed by atoms with Gasteiger partial charge in [-0.25, -0.2) is 0 Å². The maximum atomic E-state index is 6.67. The van der Waals surface area contributed by atoms with Crippen molar-refractivity contribution in [1.29, 1.82) is 0 Å². The highest BCUT2D eigenvalue weighted by Gasteiger charge is 2.22. The Balaban J connectivity index is 1.15. The molecule has 0 saturated carbocycles. The normalized spacial score (nSPS) is 12.1. The summed E-state index contributed by atoms with van der Waals surface area (Å²) in [6, 6.07) is 68.6. The minimum absolute atomic E-state index is 0.906. The average Bonchev–Trinajstić information content (AvgIpc) is 3.78.